The Labute approximate surface area is 167 Å². The second kappa shape index (κ2) is 9.39. The number of guanidine groups is 1. The highest BCUT2D eigenvalue weighted by Crippen LogP contribution is 2.29. The highest BCUT2D eigenvalue weighted by molar-refractivity contribution is 7.91. The first-order valence-corrected chi connectivity index (χ1v) is 12.6. The van der Waals surface area contributed by atoms with Crippen molar-refractivity contribution in [2.75, 3.05) is 44.7 Å². The van der Waals surface area contributed by atoms with Gasteiger partial charge in [-0.1, -0.05) is 13.0 Å². The predicted molar refractivity (Wildman–Crippen MR) is 113 cm³/mol. The van der Waals surface area contributed by atoms with Crippen LogP contribution in [0.5, 0.6) is 0 Å². The molecule has 0 aliphatic carbocycles. The number of hydrogen-bond acceptors (Lipinski definition) is 5. The van der Waals surface area contributed by atoms with Crippen LogP contribution in [0.4, 0.5) is 0 Å². The zero-order chi connectivity index (χ0) is 19.3. The van der Waals surface area contributed by atoms with E-state index in [9.17, 15) is 8.42 Å². The van der Waals surface area contributed by atoms with E-state index in [0.717, 1.165) is 37.9 Å². The van der Waals surface area contributed by atoms with Crippen molar-refractivity contribution in [3.05, 3.63) is 22.4 Å². The van der Waals surface area contributed by atoms with Gasteiger partial charge in [-0.15, -0.1) is 11.3 Å². The molecule has 3 rings (SSSR count). The van der Waals surface area contributed by atoms with Crippen LogP contribution < -0.4 is 10.6 Å². The Hall–Kier alpha value is -1.12. The maximum atomic E-state index is 11.6. The van der Waals surface area contributed by atoms with Crippen molar-refractivity contribution in [3.63, 3.8) is 0 Å². The van der Waals surface area contributed by atoms with Crippen molar-refractivity contribution >= 4 is 27.1 Å². The number of aliphatic imine (C=N–C) groups is 1. The third kappa shape index (κ3) is 5.93. The number of nitrogens with one attached hydrogen (secondary N) is 2. The first kappa shape index (κ1) is 20.6. The van der Waals surface area contributed by atoms with Gasteiger partial charge >= 0.3 is 0 Å². The van der Waals surface area contributed by atoms with Gasteiger partial charge in [0.1, 0.15) is 0 Å². The minimum absolute atomic E-state index is 0.185. The summed E-state index contributed by atoms with van der Waals surface area (Å²) in [6.45, 7) is 6.07. The van der Waals surface area contributed by atoms with Gasteiger partial charge in [0.05, 0.1) is 17.5 Å². The van der Waals surface area contributed by atoms with Crippen LogP contribution in [0.1, 0.15) is 37.1 Å². The fourth-order valence-electron chi connectivity index (χ4n) is 3.92. The highest BCUT2D eigenvalue weighted by atomic mass is 32.2. The van der Waals surface area contributed by atoms with E-state index in [1.807, 2.05) is 11.3 Å². The van der Waals surface area contributed by atoms with Crippen LogP contribution in [0.25, 0.3) is 0 Å². The van der Waals surface area contributed by atoms with E-state index in [1.165, 1.54) is 17.7 Å². The summed E-state index contributed by atoms with van der Waals surface area (Å²) in [7, 11) is -1.06. The van der Waals surface area contributed by atoms with Crippen molar-refractivity contribution in [2.24, 2.45) is 16.8 Å². The molecule has 2 fully saturated rings. The molecular formula is C19H32N4O2S2. The molecule has 152 valence electrons. The molecule has 0 radical (unpaired) electrons. The molecule has 0 aromatic carbocycles. The first-order valence-electron chi connectivity index (χ1n) is 9.89. The van der Waals surface area contributed by atoms with E-state index in [2.05, 4.69) is 45.0 Å². The summed E-state index contributed by atoms with van der Waals surface area (Å²) in [6.07, 6.45) is 3.26. The Morgan fingerprint density at radius 3 is 2.70 bits per heavy atom. The summed E-state index contributed by atoms with van der Waals surface area (Å²) in [6, 6.07) is 4.69. The molecule has 2 N–H and O–H groups in total. The molecule has 3 heterocycles. The third-order valence-electron chi connectivity index (χ3n) is 5.70. The summed E-state index contributed by atoms with van der Waals surface area (Å²) in [5.74, 6) is 2.37. The van der Waals surface area contributed by atoms with Crippen LogP contribution in [-0.4, -0.2) is 64.0 Å². The highest BCUT2D eigenvalue weighted by Gasteiger charge is 2.28. The number of likely N-dealkylation sites (tertiary alicyclic amines) is 1. The van der Waals surface area contributed by atoms with Crippen molar-refractivity contribution in [1.82, 2.24) is 15.5 Å². The summed E-state index contributed by atoms with van der Waals surface area (Å²) in [5, 5.41) is 8.93. The third-order valence-corrected chi connectivity index (χ3v) is 8.51. The van der Waals surface area contributed by atoms with Gasteiger partial charge in [0.2, 0.25) is 0 Å². The van der Waals surface area contributed by atoms with E-state index in [4.69, 9.17) is 0 Å². The lowest BCUT2D eigenvalue weighted by atomic mass is 9.97. The molecule has 2 atom stereocenters. The Balaban J connectivity index is 1.54. The Bertz CT molecular complexity index is 710. The van der Waals surface area contributed by atoms with Gasteiger partial charge in [0.15, 0.2) is 15.8 Å². The lowest BCUT2D eigenvalue weighted by molar-refractivity contribution is 0.140. The van der Waals surface area contributed by atoms with Gasteiger partial charge in [-0.2, -0.15) is 0 Å². The minimum atomic E-state index is -2.83. The van der Waals surface area contributed by atoms with Gasteiger partial charge in [-0.3, -0.25) is 9.89 Å². The molecule has 2 aliphatic heterocycles. The summed E-state index contributed by atoms with van der Waals surface area (Å²) in [4.78, 5) is 8.29. The van der Waals surface area contributed by atoms with Crippen LogP contribution >= 0.6 is 11.3 Å². The minimum Gasteiger partial charge on any atom is -0.356 e. The fraction of sp³-hybridized carbons (Fsp3) is 0.737. The molecule has 0 amide bonds. The SMILES string of the molecule is CN=C(NCC1CCS(=O)(=O)C1)NCC(c1cccs1)N1CCC(C)CC1. The normalized spacial score (nSPS) is 25.4. The molecule has 2 unspecified atom stereocenters. The van der Waals surface area contributed by atoms with Gasteiger partial charge in [-0.05, 0) is 55.6 Å². The second-order valence-corrected chi connectivity index (χ2v) is 11.1. The molecule has 1 aromatic heterocycles. The monoisotopic (exact) mass is 412 g/mol. The topological polar surface area (TPSA) is 73.8 Å². The molecule has 6 nitrogen and oxygen atoms in total. The van der Waals surface area contributed by atoms with E-state index < -0.39 is 9.84 Å². The molecule has 8 heteroatoms. The van der Waals surface area contributed by atoms with E-state index in [0.29, 0.717) is 24.1 Å². The van der Waals surface area contributed by atoms with Crippen molar-refractivity contribution < 1.29 is 8.42 Å². The maximum absolute atomic E-state index is 11.6. The Morgan fingerprint density at radius 2 is 2.11 bits per heavy atom. The van der Waals surface area contributed by atoms with Gasteiger partial charge in [0.25, 0.3) is 0 Å². The molecular weight excluding hydrogens is 380 g/mol. The molecule has 27 heavy (non-hydrogen) atoms. The largest absolute Gasteiger partial charge is 0.356 e. The van der Waals surface area contributed by atoms with Gasteiger partial charge in [0, 0.05) is 25.0 Å². The Morgan fingerprint density at radius 1 is 1.33 bits per heavy atom. The molecule has 0 bridgehead atoms. The van der Waals surface area contributed by atoms with E-state index in [-0.39, 0.29) is 5.92 Å². The number of sulfone groups is 1. The molecule has 0 spiro atoms. The molecule has 2 aliphatic rings. The fourth-order valence-corrected chi connectivity index (χ4v) is 6.64. The number of hydrogen-bond donors (Lipinski definition) is 2. The smallest absolute Gasteiger partial charge is 0.191 e. The summed E-state index contributed by atoms with van der Waals surface area (Å²) >= 11 is 1.81. The molecule has 0 saturated carbocycles. The van der Waals surface area contributed by atoms with Crippen molar-refractivity contribution in [1.29, 1.82) is 0 Å². The predicted octanol–water partition coefficient (Wildman–Crippen LogP) is 2.12. The first-order chi connectivity index (χ1) is 13.0. The van der Waals surface area contributed by atoms with Crippen LogP contribution in [0.2, 0.25) is 0 Å². The Kier molecular flexibility index (Phi) is 7.16. The average Bonchev–Trinajstić information content (AvgIpc) is 3.29. The summed E-state index contributed by atoms with van der Waals surface area (Å²) < 4.78 is 23.2. The lowest BCUT2D eigenvalue weighted by Crippen LogP contribution is -2.45. The number of rotatable bonds is 6. The zero-order valence-corrected chi connectivity index (χ0v) is 18.0. The lowest BCUT2D eigenvalue weighted by Gasteiger charge is -2.36. The molecule has 2 saturated heterocycles. The van der Waals surface area contributed by atoms with Crippen molar-refractivity contribution in [3.8, 4) is 0 Å². The zero-order valence-electron chi connectivity index (χ0n) is 16.4. The molecule has 1 aromatic rings. The van der Waals surface area contributed by atoms with E-state index >= 15 is 0 Å². The van der Waals surface area contributed by atoms with Gasteiger partial charge < -0.3 is 10.6 Å². The van der Waals surface area contributed by atoms with Crippen LogP contribution in [0, 0.1) is 11.8 Å². The average molecular weight is 413 g/mol. The van der Waals surface area contributed by atoms with Gasteiger partial charge in [-0.25, -0.2) is 8.42 Å². The van der Waals surface area contributed by atoms with E-state index in [1.54, 1.807) is 7.05 Å². The maximum Gasteiger partial charge on any atom is 0.191 e. The summed E-state index contributed by atoms with van der Waals surface area (Å²) in [5.41, 5.74) is 0. The number of thiophene rings is 1. The van der Waals surface area contributed by atoms with Crippen LogP contribution in [-0.2, 0) is 9.84 Å². The number of nitrogens with zero attached hydrogens (tertiary/aromatic N) is 2. The van der Waals surface area contributed by atoms with Crippen molar-refractivity contribution in [2.45, 2.75) is 32.2 Å². The second-order valence-electron chi connectivity index (χ2n) is 7.85. The quantitative estimate of drug-likeness (QED) is 0.553. The van der Waals surface area contributed by atoms with Crippen LogP contribution in [0.3, 0.4) is 0 Å². The van der Waals surface area contributed by atoms with Crippen LogP contribution in [0.15, 0.2) is 22.5 Å². The standard InChI is InChI=1S/C19H32N4O2S2/c1-15-5-8-23(9-6-15)17(18-4-3-10-26-18)13-22-19(20-2)21-12-16-7-11-27(24,25)14-16/h3-4,10,15-17H,5-9,11-14H2,1-2H3,(H2,20,21,22). The number of piperidine rings is 1.